The van der Waals surface area contributed by atoms with Crippen molar-refractivity contribution in [1.82, 2.24) is 10.3 Å². The normalized spacial score (nSPS) is 10.6. The highest BCUT2D eigenvalue weighted by atomic mass is 35.5. The Bertz CT molecular complexity index is 608. The molecule has 1 aromatic carbocycles. The highest BCUT2D eigenvalue weighted by molar-refractivity contribution is 6.31. The predicted octanol–water partition coefficient (Wildman–Crippen LogP) is 4.43. The lowest BCUT2D eigenvalue weighted by Gasteiger charge is -2.09. The molecule has 0 saturated carbocycles. The van der Waals surface area contributed by atoms with Crippen LogP contribution in [0, 0.1) is 5.82 Å². The van der Waals surface area contributed by atoms with Crippen LogP contribution in [0.1, 0.15) is 12.5 Å². The summed E-state index contributed by atoms with van der Waals surface area (Å²) in [6, 6.07) is 6.22. The van der Waals surface area contributed by atoms with Crippen LogP contribution < -0.4 is 10.1 Å². The van der Waals surface area contributed by atoms with Gasteiger partial charge >= 0.3 is 0 Å². The lowest BCUT2D eigenvalue weighted by atomic mass is 10.2. The molecule has 0 aliphatic heterocycles. The Morgan fingerprint density at radius 2 is 2.10 bits per heavy atom. The molecule has 1 N–H and O–H groups in total. The van der Waals surface area contributed by atoms with E-state index in [0.717, 1.165) is 12.1 Å². The number of hydrogen-bond donors (Lipinski definition) is 1. The highest BCUT2D eigenvalue weighted by Crippen LogP contribution is 2.29. The van der Waals surface area contributed by atoms with Crippen LogP contribution in [0.2, 0.25) is 10.0 Å². The molecule has 0 unspecified atom stereocenters. The molecule has 0 aliphatic carbocycles. The molecule has 2 aromatic rings. The largest absolute Gasteiger partial charge is 0.436 e. The topological polar surface area (TPSA) is 34.1 Å². The first kappa shape index (κ1) is 15.0. The fourth-order valence-electron chi connectivity index (χ4n) is 1.58. The van der Waals surface area contributed by atoms with Crippen molar-refractivity contribution in [2.45, 2.75) is 13.5 Å². The van der Waals surface area contributed by atoms with Crippen molar-refractivity contribution in [3.63, 3.8) is 0 Å². The molecule has 0 spiro atoms. The minimum Gasteiger partial charge on any atom is -0.436 e. The molecule has 0 amide bonds. The van der Waals surface area contributed by atoms with Crippen molar-refractivity contribution in [2.75, 3.05) is 6.54 Å². The zero-order chi connectivity index (χ0) is 14.5. The minimum absolute atomic E-state index is 0.00402. The summed E-state index contributed by atoms with van der Waals surface area (Å²) in [6.45, 7) is 3.40. The number of halogens is 3. The molecule has 20 heavy (non-hydrogen) atoms. The van der Waals surface area contributed by atoms with Crippen molar-refractivity contribution in [3.8, 4) is 11.6 Å². The first-order chi connectivity index (χ1) is 9.61. The second-order valence-corrected chi connectivity index (χ2v) is 4.86. The number of nitrogens with one attached hydrogen (secondary N) is 1. The van der Waals surface area contributed by atoms with Gasteiger partial charge in [0, 0.05) is 18.8 Å². The van der Waals surface area contributed by atoms with Gasteiger partial charge in [-0.1, -0.05) is 36.2 Å². The van der Waals surface area contributed by atoms with Gasteiger partial charge in [0.2, 0.25) is 5.88 Å². The molecule has 0 bridgehead atoms. The van der Waals surface area contributed by atoms with Crippen molar-refractivity contribution < 1.29 is 9.13 Å². The van der Waals surface area contributed by atoms with Gasteiger partial charge in [0.1, 0.15) is 0 Å². The Labute approximate surface area is 126 Å². The zero-order valence-electron chi connectivity index (χ0n) is 10.8. The SMILES string of the molecule is CCNCc1cc(Oc2cccc(Cl)c2F)ncc1Cl. The fraction of sp³-hybridized carbons (Fsp3) is 0.214. The molecule has 1 aromatic heterocycles. The third-order valence-electron chi connectivity index (χ3n) is 2.61. The van der Waals surface area contributed by atoms with Gasteiger partial charge in [-0.15, -0.1) is 0 Å². The average molecular weight is 315 g/mol. The van der Waals surface area contributed by atoms with Crippen molar-refractivity contribution in [3.05, 3.63) is 51.9 Å². The Balaban J connectivity index is 2.23. The molecule has 6 heteroatoms. The van der Waals surface area contributed by atoms with E-state index in [0.29, 0.717) is 11.6 Å². The number of benzene rings is 1. The van der Waals surface area contributed by atoms with E-state index in [4.69, 9.17) is 27.9 Å². The van der Waals surface area contributed by atoms with E-state index < -0.39 is 5.82 Å². The summed E-state index contributed by atoms with van der Waals surface area (Å²) in [5.41, 5.74) is 0.834. The third kappa shape index (κ3) is 3.60. The Hall–Kier alpha value is -1.36. The number of ether oxygens (including phenoxy) is 1. The van der Waals surface area contributed by atoms with Gasteiger partial charge in [0.25, 0.3) is 0 Å². The molecular weight excluding hydrogens is 302 g/mol. The van der Waals surface area contributed by atoms with Crippen LogP contribution in [-0.4, -0.2) is 11.5 Å². The third-order valence-corrected chi connectivity index (χ3v) is 3.24. The highest BCUT2D eigenvalue weighted by Gasteiger charge is 2.10. The van der Waals surface area contributed by atoms with E-state index >= 15 is 0 Å². The molecule has 2 rings (SSSR count). The van der Waals surface area contributed by atoms with Crippen LogP contribution in [0.25, 0.3) is 0 Å². The monoisotopic (exact) mass is 314 g/mol. The Morgan fingerprint density at radius 3 is 2.85 bits per heavy atom. The molecule has 0 saturated heterocycles. The lowest BCUT2D eigenvalue weighted by molar-refractivity contribution is 0.427. The van der Waals surface area contributed by atoms with Gasteiger partial charge < -0.3 is 10.1 Å². The summed E-state index contributed by atoms with van der Waals surface area (Å²) in [7, 11) is 0. The van der Waals surface area contributed by atoms with Gasteiger partial charge in [-0.05, 0) is 24.2 Å². The summed E-state index contributed by atoms with van der Waals surface area (Å²) in [4.78, 5) is 4.02. The Kier molecular flexibility index (Phi) is 5.17. The quantitative estimate of drug-likeness (QED) is 0.886. The van der Waals surface area contributed by atoms with Crippen LogP contribution >= 0.6 is 23.2 Å². The summed E-state index contributed by atoms with van der Waals surface area (Å²) < 4.78 is 19.2. The summed E-state index contributed by atoms with van der Waals surface area (Å²) in [5.74, 6) is -0.315. The van der Waals surface area contributed by atoms with E-state index in [1.165, 1.54) is 18.3 Å². The number of hydrogen-bond acceptors (Lipinski definition) is 3. The second kappa shape index (κ2) is 6.88. The molecule has 0 atom stereocenters. The van der Waals surface area contributed by atoms with Crippen molar-refractivity contribution >= 4 is 23.2 Å². The fourth-order valence-corrected chi connectivity index (χ4v) is 1.92. The molecule has 3 nitrogen and oxygen atoms in total. The van der Waals surface area contributed by atoms with E-state index in [9.17, 15) is 4.39 Å². The smallest absolute Gasteiger partial charge is 0.219 e. The maximum absolute atomic E-state index is 13.7. The van der Waals surface area contributed by atoms with E-state index in [-0.39, 0.29) is 16.7 Å². The summed E-state index contributed by atoms with van der Waals surface area (Å²) >= 11 is 11.7. The van der Waals surface area contributed by atoms with E-state index in [2.05, 4.69) is 10.3 Å². The van der Waals surface area contributed by atoms with Gasteiger partial charge in [-0.25, -0.2) is 9.37 Å². The summed E-state index contributed by atoms with van der Waals surface area (Å²) in [6.07, 6.45) is 1.48. The maximum Gasteiger partial charge on any atom is 0.219 e. The average Bonchev–Trinajstić information content (AvgIpc) is 2.44. The summed E-state index contributed by atoms with van der Waals surface area (Å²) in [5, 5.41) is 3.69. The van der Waals surface area contributed by atoms with Crippen molar-refractivity contribution in [1.29, 1.82) is 0 Å². The van der Waals surface area contributed by atoms with E-state index in [1.54, 1.807) is 12.1 Å². The molecule has 0 radical (unpaired) electrons. The molecule has 1 heterocycles. The standard InChI is InChI=1S/C14H13Cl2FN2O/c1-2-18-7-9-6-13(19-8-11(9)16)20-12-5-3-4-10(15)14(12)17/h3-6,8,18H,2,7H2,1H3. The van der Waals surface area contributed by atoms with E-state index in [1.807, 2.05) is 6.92 Å². The second-order valence-electron chi connectivity index (χ2n) is 4.05. The van der Waals surface area contributed by atoms with Crippen molar-refractivity contribution in [2.24, 2.45) is 0 Å². The van der Waals surface area contributed by atoms with Crippen LogP contribution in [0.4, 0.5) is 4.39 Å². The number of aromatic nitrogens is 1. The number of rotatable bonds is 5. The number of pyridine rings is 1. The molecule has 0 fully saturated rings. The Morgan fingerprint density at radius 1 is 1.30 bits per heavy atom. The minimum atomic E-state index is -0.612. The van der Waals surface area contributed by atoms with Gasteiger partial charge in [0.05, 0.1) is 10.0 Å². The maximum atomic E-state index is 13.7. The van der Waals surface area contributed by atoms with Crippen LogP contribution in [-0.2, 0) is 6.54 Å². The van der Waals surface area contributed by atoms with Gasteiger partial charge in [0.15, 0.2) is 11.6 Å². The van der Waals surface area contributed by atoms with Crippen LogP contribution in [0.3, 0.4) is 0 Å². The molecule has 0 aliphatic rings. The molecule has 106 valence electrons. The zero-order valence-corrected chi connectivity index (χ0v) is 12.3. The van der Waals surface area contributed by atoms with Gasteiger partial charge in [-0.2, -0.15) is 0 Å². The van der Waals surface area contributed by atoms with Crippen LogP contribution in [0.5, 0.6) is 11.6 Å². The van der Waals surface area contributed by atoms with Crippen LogP contribution in [0.15, 0.2) is 30.5 Å². The predicted molar refractivity (Wildman–Crippen MR) is 78.1 cm³/mol. The number of nitrogens with zero attached hydrogens (tertiary/aromatic N) is 1. The first-order valence-corrected chi connectivity index (χ1v) is 6.84. The first-order valence-electron chi connectivity index (χ1n) is 6.08. The molecular formula is C14H13Cl2FN2O. The van der Waals surface area contributed by atoms with Gasteiger partial charge in [-0.3, -0.25) is 0 Å². The lowest BCUT2D eigenvalue weighted by Crippen LogP contribution is -2.12.